The Hall–Kier alpha value is -2.45. The Morgan fingerprint density at radius 3 is 2.05 bits per heavy atom. The Kier molecular flexibility index (Phi) is 10.5. The number of hydrogen-bond donors (Lipinski definition) is 3. The van der Waals surface area contributed by atoms with Gasteiger partial charge in [0.1, 0.15) is 10.6 Å². The van der Waals surface area contributed by atoms with Crippen molar-refractivity contribution >= 4 is 61.1 Å². The Labute approximate surface area is 232 Å². The Balaban J connectivity index is 0.000000757. The molecule has 0 fully saturated rings. The van der Waals surface area contributed by atoms with Gasteiger partial charge in [0.25, 0.3) is 10.1 Å². The van der Waals surface area contributed by atoms with E-state index in [1.54, 1.807) is 17.0 Å². The number of aliphatic imine (C=N–C) groups is 2. The highest BCUT2D eigenvalue weighted by Crippen LogP contribution is 2.31. The highest BCUT2D eigenvalue weighted by molar-refractivity contribution is 7.86. The lowest BCUT2D eigenvalue weighted by molar-refractivity contribution is 0.484. The van der Waals surface area contributed by atoms with Crippen LogP contribution in [0.15, 0.2) is 51.3 Å². The van der Waals surface area contributed by atoms with Crippen molar-refractivity contribution in [1.82, 2.24) is 0 Å². The van der Waals surface area contributed by atoms with Crippen molar-refractivity contribution in [2.75, 3.05) is 10.7 Å². The monoisotopic (exact) mass is 609 g/mol. The van der Waals surface area contributed by atoms with Gasteiger partial charge >= 0.3 is 10.2 Å². The fourth-order valence-electron chi connectivity index (χ4n) is 3.72. The Morgan fingerprint density at radius 1 is 1.00 bits per heavy atom. The van der Waals surface area contributed by atoms with Crippen LogP contribution in [-0.4, -0.2) is 44.7 Å². The highest BCUT2D eigenvalue weighted by Gasteiger charge is 2.33. The zero-order valence-corrected chi connectivity index (χ0v) is 24.2. The first-order valence-electron chi connectivity index (χ1n) is 11.4. The molecule has 10 nitrogen and oxygen atoms in total. The number of benzene rings is 2. The number of guanidine groups is 2. The van der Waals surface area contributed by atoms with Crippen LogP contribution in [0.1, 0.15) is 44.7 Å². The normalized spacial score (nSPS) is 15.3. The van der Waals surface area contributed by atoms with Gasteiger partial charge in [-0.05, 0) is 81.8 Å². The molecule has 0 aromatic heterocycles. The molecule has 0 saturated heterocycles. The molecule has 0 amide bonds. The van der Waals surface area contributed by atoms with Crippen molar-refractivity contribution in [1.29, 1.82) is 0 Å². The van der Waals surface area contributed by atoms with Gasteiger partial charge in [-0.3, -0.25) is 9.45 Å². The third-order valence-corrected chi connectivity index (χ3v) is 7.71. The molecule has 210 valence electrons. The maximum Gasteiger partial charge on any atom is 0.332 e. The van der Waals surface area contributed by atoms with Crippen LogP contribution in [0, 0.1) is 0 Å². The molecule has 0 saturated carbocycles. The molecule has 2 aromatic carbocycles. The van der Waals surface area contributed by atoms with E-state index in [0.717, 1.165) is 23.7 Å². The third kappa shape index (κ3) is 9.09. The summed E-state index contributed by atoms with van der Waals surface area (Å²) >= 11 is 12.3. The second kappa shape index (κ2) is 12.6. The van der Waals surface area contributed by atoms with Crippen LogP contribution in [0.2, 0.25) is 10.0 Å². The summed E-state index contributed by atoms with van der Waals surface area (Å²) in [5.74, 6) is 0.149. The number of rotatable bonds is 8. The highest BCUT2D eigenvalue weighted by atomic mass is 35.5. The summed E-state index contributed by atoms with van der Waals surface area (Å²) in [4.78, 5) is 9.73. The predicted molar refractivity (Wildman–Crippen MR) is 150 cm³/mol. The Bertz CT molecular complexity index is 1450. The van der Waals surface area contributed by atoms with Gasteiger partial charge in [0.05, 0.1) is 5.75 Å². The predicted octanol–water partition coefficient (Wildman–Crippen LogP) is 4.30. The van der Waals surface area contributed by atoms with Gasteiger partial charge in [0, 0.05) is 15.7 Å². The molecule has 38 heavy (non-hydrogen) atoms. The lowest BCUT2D eigenvalue weighted by atomic mass is 10.0. The molecular formula is C23H30Cl2FN5O5S2. The van der Waals surface area contributed by atoms with Crippen LogP contribution in [0.3, 0.4) is 0 Å². The molecule has 0 spiro atoms. The molecule has 0 atom stereocenters. The molecule has 2 aromatic rings. The van der Waals surface area contributed by atoms with E-state index in [4.69, 9.17) is 39.2 Å². The Morgan fingerprint density at radius 2 is 1.55 bits per heavy atom. The second-order valence-electron chi connectivity index (χ2n) is 8.81. The number of nitrogens with zero attached hydrogens (tertiary/aromatic N) is 3. The molecule has 0 radical (unpaired) electrons. The van der Waals surface area contributed by atoms with E-state index >= 15 is 0 Å². The fraction of sp³-hybridized carbons (Fsp3) is 0.391. The molecular weight excluding hydrogens is 580 g/mol. The third-order valence-electron chi connectivity index (χ3n) is 5.49. The van der Waals surface area contributed by atoms with E-state index in [0.29, 0.717) is 29.8 Å². The maximum absolute atomic E-state index is 13.5. The minimum atomic E-state index is -4.83. The van der Waals surface area contributed by atoms with E-state index in [9.17, 15) is 20.7 Å². The first kappa shape index (κ1) is 31.8. The molecule has 0 unspecified atom stereocenters. The largest absolute Gasteiger partial charge is 0.369 e. The summed E-state index contributed by atoms with van der Waals surface area (Å²) < 4.78 is 63.2. The molecule has 0 aliphatic carbocycles. The van der Waals surface area contributed by atoms with E-state index in [-0.39, 0.29) is 27.6 Å². The zero-order chi connectivity index (χ0) is 28.9. The van der Waals surface area contributed by atoms with Gasteiger partial charge in [-0.2, -0.15) is 21.8 Å². The van der Waals surface area contributed by atoms with Gasteiger partial charge in [-0.1, -0.05) is 35.3 Å². The van der Waals surface area contributed by atoms with Crippen molar-refractivity contribution in [2.24, 2.45) is 21.5 Å². The fourth-order valence-corrected chi connectivity index (χ4v) is 4.98. The van der Waals surface area contributed by atoms with E-state index < -0.39 is 26.0 Å². The number of nitrogens with two attached hydrogens (primary N) is 2. The minimum Gasteiger partial charge on any atom is -0.369 e. The standard InChI is InChI=1S/C21H24Cl2FN5O2S.C2H6O3S/c1-21(2)28-19(25)27-20(26)29(21)16-10-8-13(17(23)12-16)5-3-4-6-14-7-9-15(22)11-18(14)32(24,30)31;1-2-6(3,4)5/h7-12H,3-6H2,1-2H3,(H4,25,26,27,28);2H2,1H3,(H,3,4,5). The summed E-state index contributed by atoms with van der Waals surface area (Å²) in [7, 11) is -8.49. The van der Waals surface area contributed by atoms with E-state index in [1.165, 1.54) is 13.0 Å². The topological polar surface area (TPSA) is 169 Å². The molecule has 1 aliphatic rings. The van der Waals surface area contributed by atoms with Crippen molar-refractivity contribution in [3.63, 3.8) is 0 Å². The molecule has 1 heterocycles. The summed E-state index contributed by atoms with van der Waals surface area (Å²) in [6.45, 7) is 5.10. The second-order valence-corrected chi connectivity index (χ2v) is 12.7. The average Bonchev–Trinajstić information content (AvgIpc) is 2.76. The van der Waals surface area contributed by atoms with Crippen LogP contribution in [-0.2, 0) is 33.2 Å². The molecule has 5 N–H and O–H groups in total. The van der Waals surface area contributed by atoms with Crippen molar-refractivity contribution < 1.29 is 25.3 Å². The average molecular weight is 611 g/mol. The molecule has 1 aliphatic heterocycles. The van der Waals surface area contributed by atoms with Gasteiger partial charge in [0.15, 0.2) is 0 Å². The number of halogens is 3. The quantitative estimate of drug-likeness (QED) is 0.226. The van der Waals surface area contributed by atoms with Crippen molar-refractivity contribution in [3.8, 4) is 0 Å². The lowest BCUT2D eigenvalue weighted by Crippen LogP contribution is -2.54. The van der Waals surface area contributed by atoms with E-state index in [1.807, 2.05) is 26.0 Å². The van der Waals surface area contributed by atoms with Crippen molar-refractivity contribution in [3.05, 3.63) is 57.6 Å². The summed E-state index contributed by atoms with van der Waals surface area (Å²) in [6, 6.07) is 9.81. The maximum atomic E-state index is 13.5. The number of unbranched alkanes of at least 4 members (excludes halogenated alkanes) is 1. The number of anilines is 1. The first-order valence-corrected chi connectivity index (χ1v) is 15.2. The SMILES string of the molecule is CC1(C)N=C(N)N=C(N)N1c1ccc(CCCCc2ccc(Cl)cc2S(=O)(=O)F)c(Cl)c1.CCS(=O)(=O)O. The van der Waals surface area contributed by atoms with Gasteiger partial charge in [-0.25, -0.2) is 4.99 Å². The first-order chi connectivity index (χ1) is 17.4. The number of aryl methyl sites for hydroxylation is 2. The van der Waals surface area contributed by atoms with Gasteiger partial charge in [-0.15, -0.1) is 3.89 Å². The van der Waals surface area contributed by atoms with Gasteiger partial charge < -0.3 is 11.5 Å². The molecule has 0 bridgehead atoms. The van der Waals surface area contributed by atoms with Crippen LogP contribution >= 0.6 is 23.2 Å². The summed E-state index contributed by atoms with van der Waals surface area (Å²) in [5.41, 5.74) is 13.1. The lowest BCUT2D eigenvalue weighted by Gasteiger charge is -2.38. The smallest absolute Gasteiger partial charge is 0.332 e. The van der Waals surface area contributed by atoms with Crippen LogP contribution in [0.25, 0.3) is 0 Å². The minimum absolute atomic E-state index is 0.121. The zero-order valence-electron chi connectivity index (χ0n) is 21.0. The number of hydrogen-bond acceptors (Lipinski definition) is 9. The van der Waals surface area contributed by atoms with Crippen LogP contribution < -0.4 is 16.4 Å². The summed E-state index contributed by atoms with van der Waals surface area (Å²) in [6.07, 6.45) is 2.45. The summed E-state index contributed by atoms with van der Waals surface area (Å²) in [5, 5.41) is 0.736. The van der Waals surface area contributed by atoms with Crippen LogP contribution in [0.5, 0.6) is 0 Å². The van der Waals surface area contributed by atoms with Crippen LogP contribution in [0.4, 0.5) is 9.57 Å². The molecule has 15 heteroatoms. The molecule has 3 rings (SSSR count). The van der Waals surface area contributed by atoms with Gasteiger partial charge in [0.2, 0.25) is 11.9 Å². The van der Waals surface area contributed by atoms with Crippen molar-refractivity contribution in [2.45, 2.75) is 57.0 Å². The van der Waals surface area contributed by atoms with E-state index in [2.05, 4.69) is 9.98 Å².